The van der Waals surface area contributed by atoms with Crippen LogP contribution in [0.3, 0.4) is 0 Å². The van der Waals surface area contributed by atoms with Crippen LogP contribution in [-0.4, -0.2) is 35.7 Å². The lowest BCUT2D eigenvalue weighted by Crippen LogP contribution is -2.21. The van der Waals surface area contributed by atoms with Gasteiger partial charge in [0.15, 0.2) is 11.1 Å². The summed E-state index contributed by atoms with van der Waals surface area (Å²) in [5.41, 5.74) is 1.80. The standard InChI is InChI=1S/C21H20ClN7O2/c22-13-4-3-7-15(9-13)24-17-10-18(25-14-5-1-2-6-14)29-19(27-17)12(11-23-29)8-16-20(30)28-21(31)26-16/h3-4,7-11,14,24,30H,1-2,5-6H2,(H2,26,28,31). The molecule has 10 heteroatoms. The average molecular weight is 438 g/mol. The molecule has 9 nitrogen and oxygen atoms in total. The number of hydrogen-bond donors (Lipinski definition) is 4. The summed E-state index contributed by atoms with van der Waals surface area (Å²) in [7, 11) is 0. The number of aromatic nitrogens is 5. The van der Waals surface area contributed by atoms with Crippen LogP contribution in [0.5, 0.6) is 5.88 Å². The second-order valence-electron chi connectivity index (χ2n) is 7.52. The van der Waals surface area contributed by atoms with Crippen molar-refractivity contribution in [2.75, 3.05) is 5.32 Å². The minimum Gasteiger partial charge on any atom is -0.493 e. The third kappa shape index (κ3) is 4.04. The van der Waals surface area contributed by atoms with Crippen molar-refractivity contribution in [1.29, 1.82) is 0 Å². The van der Waals surface area contributed by atoms with E-state index in [9.17, 15) is 9.90 Å². The molecule has 1 aliphatic rings. The first-order valence-electron chi connectivity index (χ1n) is 10.0. The van der Waals surface area contributed by atoms with E-state index in [1.807, 2.05) is 24.3 Å². The third-order valence-corrected chi connectivity index (χ3v) is 5.49. The molecule has 0 bridgehead atoms. The van der Waals surface area contributed by atoms with Crippen molar-refractivity contribution >= 4 is 34.8 Å². The van der Waals surface area contributed by atoms with Gasteiger partial charge in [0.25, 0.3) is 0 Å². The summed E-state index contributed by atoms with van der Waals surface area (Å²) >= 11 is 6.11. The maximum Gasteiger partial charge on any atom is 0.326 e. The van der Waals surface area contributed by atoms with E-state index in [1.165, 1.54) is 12.8 Å². The number of hydrogen-bond acceptors (Lipinski definition) is 6. The molecule has 0 amide bonds. The molecule has 1 aromatic carbocycles. The zero-order valence-corrected chi connectivity index (χ0v) is 17.2. The largest absolute Gasteiger partial charge is 0.493 e. The molecule has 4 aromatic rings. The van der Waals surface area contributed by atoms with Gasteiger partial charge in [0.1, 0.15) is 11.5 Å². The van der Waals surface area contributed by atoms with Crippen molar-refractivity contribution in [2.24, 2.45) is 4.99 Å². The molecule has 0 saturated heterocycles. The van der Waals surface area contributed by atoms with Gasteiger partial charge in [-0.05, 0) is 37.1 Å². The summed E-state index contributed by atoms with van der Waals surface area (Å²) in [4.78, 5) is 25.9. The van der Waals surface area contributed by atoms with E-state index in [2.05, 4.69) is 20.4 Å². The van der Waals surface area contributed by atoms with Crippen LogP contribution >= 0.6 is 11.6 Å². The van der Waals surface area contributed by atoms with E-state index in [0.717, 1.165) is 18.5 Å². The number of nitrogens with one attached hydrogen (secondary N) is 3. The number of benzene rings is 1. The molecule has 158 valence electrons. The molecular formula is C21H20ClN7O2. The number of imidazole rings is 1. The van der Waals surface area contributed by atoms with Crippen LogP contribution in [0.15, 0.2) is 46.3 Å². The van der Waals surface area contributed by atoms with Crippen molar-refractivity contribution in [1.82, 2.24) is 24.6 Å². The predicted molar refractivity (Wildman–Crippen MR) is 117 cm³/mol. The molecule has 31 heavy (non-hydrogen) atoms. The topological polar surface area (TPSA) is 123 Å². The van der Waals surface area contributed by atoms with Crippen LogP contribution in [0.1, 0.15) is 31.4 Å². The van der Waals surface area contributed by atoms with E-state index < -0.39 is 5.69 Å². The molecule has 1 fully saturated rings. The molecule has 0 unspecified atom stereocenters. The van der Waals surface area contributed by atoms with Gasteiger partial charge in [0, 0.05) is 22.0 Å². The molecule has 3 aromatic heterocycles. The zero-order chi connectivity index (χ0) is 21.4. The molecule has 3 heterocycles. The van der Waals surface area contributed by atoms with E-state index in [4.69, 9.17) is 21.6 Å². The van der Waals surface area contributed by atoms with Gasteiger partial charge in [-0.3, -0.25) is 9.98 Å². The van der Waals surface area contributed by atoms with E-state index in [-0.39, 0.29) is 17.6 Å². The molecule has 1 saturated carbocycles. The maximum atomic E-state index is 11.5. The van der Waals surface area contributed by atoms with Crippen molar-refractivity contribution in [3.05, 3.63) is 68.4 Å². The summed E-state index contributed by atoms with van der Waals surface area (Å²) in [6, 6.07) is 9.49. The number of fused-ring (bicyclic) bond motifs is 1. The van der Waals surface area contributed by atoms with Crippen LogP contribution < -0.4 is 21.7 Å². The Balaban J connectivity index is 1.68. The average Bonchev–Trinajstić information content (AvgIpc) is 3.44. The Hall–Kier alpha value is -3.59. The van der Waals surface area contributed by atoms with Crippen LogP contribution in [0, 0.1) is 0 Å². The first-order valence-corrected chi connectivity index (χ1v) is 10.4. The van der Waals surface area contributed by atoms with Crippen LogP contribution in [0.2, 0.25) is 5.02 Å². The molecule has 5 rings (SSSR count). The normalized spacial score (nSPS) is 15.9. The lowest BCUT2D eigenvalue weighted by Gasteiger charge is -2.08. The number of anilines is 2. The van der Waals surface area contributed by atoms with Gasteiger partial charge in [-0.25, -0.2) is 9.78 Å². The van der Waals surface area contributed by atoms with Crippen molar-refractivity contribution in [2.45, 2.75) is 31.7 Å². The van der Waals surface area contributed by atoms with E-state index in [0.29, 0.717) is 27.2 Å². The second-order valence-corrected chi connectivity index (χ2v) is 7.96. The fraction of sp³-hybridized carbons (Fsp3) is 0.238. The quantitative estimate of drug-likeness (QED) is 0.390. The van der Waals surface area contributed by atoms with Gasteiger partial charge >= 0.3 is 5.69 Å². The summed E-state index contributed by atoms with van der Waals surface area (Å²) in [5, 5.41) is 18.9. The Bertz CT molecular complexity index is 1430. The van der Waals surface area contributed by atoms with Gasteiger partial charge in [0.2, 0.25) is 5.88 Å². The zero-order valence-electron chi connectivity index (χ0n) is 16.5. The number of aromatic amines is 2. The highest BCUT2D eigenvalue weighted by molar-refractivity contribution is 6.30. The van der Waals surface area contributed by atoms with Crippen molar-refractivity contribution < 1.29 is 5.11 Å². The lowest BCUT2D eigenvalue weighted by molar-refractivity contribution is 0.454. The molecule has 0 aliphatic heterocycles. The maximum absolute atomic E-state index is 11.5. The molecule has 1 aliphatic carbocycles. The van der Waals surface area contributed by atoms with Gasteiger partial charge < -0.3 is 15.4 Å². The highest BCUT2D eigenvalue weighted by Crippen LogP contribution is 2.21. The third-order valence-electron chi connectivity index (χ3n) is 5.25. The predicted octanol–water partition coefficient (Wildman–Crippen LogP) is 2.24. The first-order chi connectivity index (χ1) is 15.0. The molecule has 4 N–H and O–H groups in total. The highest BCUT2D eigenvalue weighted by atomic mass is 35.5. The van der Waals surface area contributed by atoms with Crippen molar-refractivity contribution in [3.63, 3.8) is 0 Å². The number of halogens is 1. The van der Waals surface area contributed by atoms with Gasteiger partial charge in [0.05, 0.1) is 12.2 Å². The molecule has 0 radical (unpaired) electrons. The van der Waals surface area contributed by atoms with Crippen LogP contribution in [0.25, 0.3) is 11.7 Å². The summed E-state index contributed by atoms with van der Waals surface area (Å²) in [5.74, 6) is 0.349. The number of nitrogens with zero attached hydrogens (tertiary/aromatic N) is 4. The fourth-order valence-electron chi connectivity index (χ4n) is 3.80. The second kappa shape index (κ2) is 7.92. The summed E-state index contributed by atoms with van der Waals surface area (Å²) < 4.78 is 1.68. The van der Waals surface area contributed by atoms with Crippen LogP contribution in [-0.2, 0) is 0 Å². The summed E-state index contributed by atoms with van der Waals surface area (Å²) in [6.45, 7) is 0. The van der Waals surface area contributed by atoms with Gasteiger partial charge in [-0.15, -0.1) is 0 Å². The van der Waals surface area contributed by atoms with Gasteiger partial charge in [-0.2, -0.15) is 9.61 Å². The Morgan fingerprint density at radius 1 is 1.26 bits per heavy atom. The summed E-state index contributed by atoms with van der Waals surface area (Å²) in [6.07, 6.45) is 7.71. The minimum atomic E-state index is -0.492. The Morgan fingerprint density at radius 3 is 2.84 bits per heavy atom. The van der Waals surface area contributed by atoms with Gasteiger partial charge in [-0.1, -0.05) is 30.5 Å². The smallest absolute Gasteiger partial charge is 0.326 e. The van der Waals surface area contributed by atoms with E-state index >= 15 is 0 Å². The molecule has 0 spiro atoms. The highest BCUT2D eigenvalue weighted by Gasteiger charge is 2.15. The monoisotopic (exact) mass is 437 g/mol. The lowest BCUT2D eigenvalue weighted by atomic mass is 10.3. The number of rotatable bonds is 4. The van der Waals surface area contributed by atoms with Crippen LogP contribution in [0.4, 0.5) is 11.5 Å². The number of aromatic hydroxyl groups is 1. The first kappa shape index (κ1) is 19.4. The fourth-order valence-corrected chi connectivity index (χ4v) is 3.99. The SMILES string of the molecule is O=c1[nH]c(O)c(C=c2cnn3c(=NC4CCCC4)cc(Nc4cccc(Cl)c4)nc23)[nH]1. The molecular weight excluding hydrogens is 418 g/mol. The minimum absolute atomic E-state index is 0.242. The number of H-pyrrole nitrogens is 2. The van der Waals surface area contributed by atoms with E-state index in [1.54, 1.807) is 22.9 Å². The molecule has 0 atom stereocenters. The van der Waals surface area contributed by atoms with Crippen molar-refractivity contribution in [3.8, 4) is 5.88 Å². The Morgan fingerprint density at radius 2 is 2.10 bits per heavy atom. The Kier molecular flexibility index (Phi) is 4.95. The Labute approximate surface area is 181 Å².